The average molecular weight is 297 g/mol. The summed E-state index contributed by atoms with van der Waals surface area (Å²) < 4.78 is 1.20. The van der Waals surface area contributed by atoms with Gasteiger partial charge in [-0.05, 0) is 38.3 Å². The maximum absolute atomic E-state index is 6.02. The molecule has 17 heavy (non-hydrogen) atoms. The quantitative estimate of drug-likeness (QED) is 0.907. The molecule has 0 saturated carbocycles. The van der Waals surface area contributed by atoms with E-state index < -0.39 is 0 Å². The third kappa shape index (κ3) is 2.90. The Hall–Kier alpha value is -0.380. The van der Waals surface area contributed by atoms with E-state index in [0.29, 0.717) is 18.1 Å². The smallest absolute Gasteiger partial charge is 0.0333 e. The van der Waals surface area contributed by atoms with Crippen LogP contribution in [0.1, 0.15) is 38.3 Å². The molecule has 1 aromatic rings. The van der Waals surface area contributed by atoms with Crippen LogP contribution in [-0.4, -0.2) is 23.5 Å². The van der Waals surface area contributed by atoms with E-state index in [1.54, 1.807) is 0 Å². The van der Waals surface area contributed by atoms with Gasteiger partial charge < -0.3 is 5.73 Å². The Balaban J connectivity index is 2.15. The molecule has 1 aromatic carbocycles. The number of rotatable bonds is 2. The second-order valence-electron chi connectivity index (χ2n) is 5.07. The van der Waals surface area contributed by atoms with Gasteiger partial charge in [0.2, 0.25) is 0 Å². The number of benzene rings is 1. The summed E-state index contributed by atoms with van der Waals surface area (Å²) in [6, 6.07) is 9.90. The van der Waals surface area contributed by atoms with Gasteiger partial charge in [-0.3, -0.25) is 4.90 Å². The van der Waals surface area contributed by atoms with Crippen LogP contribution < -0.4 is 5.73 Å². The molecule has 1 heterocycles. The van der Waals surface area contributed by atoms with Crippen molar-refractivity contribution in [3.8, 4) is 0 Å². The number of nitrogens with zero attached hydrogens (tertiary/aromatic N) is 1. The first-order chi connectivity index (χ1) is 8.09. The zero-order valence-corrected chi connectivity index (χ0v) is 12.2. The van der Waals surface area contributed by atoms with Gasteiger partial charge in [0.05, 0.1) is 0 Å². The molecule has 94 valence electrons. The highest BCUT2D eigenvalue weighted by Gasteiger charge is 2.28. The first-order valence-corrected chi connectivity index (χ1v) is 7.14. The fourth-order valence-electron chi connectivity index (χ4n) is 2.79. The summed E-state index contributed by atoms with van der Waals surface area (Å²) >= 11 is 3.64. The molecule has 2 nitrogen and oxygen atoms in total. The van der Waals surface area contributed by atoms with Gasteiger partial charge in [-0.2, -0.15) is 0 Å². The molecule has 0 spiro atoms. The molecule has 1 aliphatic rings. The van der Waals surface area contributed by atoms with Crippen LogP contribution in [0, 0.1) is 0 Å². The summed E-state index contributed by atoms with van der Waals surface area (Å²) in [5.74, 6) is 0. The van der Waals surface area contributed by atoms with E-state index in [9.17, 15) is 0 Å². The summed E-state index contributed by atoms with van der Waals surface area (Å²) in [6.07, 6.45) is 2.22. The minimum atomic E-state index is 0.382. The normalized spacial score (nSPS) is 28.0. The van der Waals surface area contributed by atoms with Crippen LogP contribution in [0.3, 0.4) is 0 Å². The van der Waals surface area contributed by atoms with Crippen molar-refractivity contribution < 1.29 is 0 Å². The lowest BCUT2D eigenvalue weighted by molar-refractivity contribution is 0.104. The van der Waals surface area contributed by atoms with Crippen molar-refractivity contribution in [3.05, 3.63) is 34.3 Å². The number of nitrogens with two attached hydrogens (primary N) is 1. The van der Waals surface area contributed by atoms with Crippen molar-refractivity contribution >= 4 is 15.9 Å². The van der Waals surface area contributed by atoms with Crippen molar-refractivity contribution in [1.82, 2.24) is 4.90 Å². The van der Waals surface area contributed by atoms with Gasteiger partial charge in [0.1, 0.15) is 0 Å². The topological polar surface area (TPSA) is 29.3 Å². The molecule has 2 rings (SSSR count). The maximum atomic E-state index is 6.02. The molecule has 3 unspecified atom stereocenters. The van der Waals surface area contributed by atoms with Gasteiger partial charge in [-0.25, -0.2) is 0 Å². The SMILES string of the molecule is CC1CC(N)CCN1C(C)c1ccccc1Br. The van der Waals surface area contributed by atoms with Gasteiger partial charge in [0.15, 0.2) is 0 Å². The molecule has 0 aliphatic carbocycles. The Bertz CT molecular complexity index is 380. The van der Waals surface area contributed by atoms with Crippen LogP contribution in [-0.2, 0) is 0 Å². The van der Waals surface area contributed by atoms with Crippen LogP contribution >= 0.6 is 15.9 Å². The maximum Gasteiger partial charge on any atom is 0.0333 e. The first-order valence-electron chi connectivity index (χ1n) is 6.35. The van der Waals surface area contributed by atoms with E-state index in [2.05, 4.69) is 58.9 Å². The standard InChI is InChI=1S/C14H21BrN2/c1-10-9-12(16)7-8-17(10)11(2)13-5-3-4-6-14(13)15/h3-6,10-12H,7-9,16H2,1-2H3. The van der Waals surface area contributed by atoms with Gasteiger partial charge >= 0.3 is 0 Å². The zero-order chi connectivity index (χ0) is 12.4. The Morgan fingerprint density at radius 3 is 2.76 bits per heavy atom. The molecule has 0 radical (unpaired) electrons. The van der Waals surface area contributed by atoms with E-state index in [1.807, 2.05) is 0 Å². The van der Waals surface area contributed by atoms with E-state index in [0.717, 1.165) is 19.4 Å². The second kappa shape index (κ2) is 5.51. The summed E-state index contributed by atoms with van der Waals surface area (Å²) in [6.45, 7) is 5.67. The molecule has 2 N–H and O–H groups in total. The van der Waals surface area contributed by atoms with Gasteiger partial charge in [0, 0.05) is 29.1 Å². The predicted octanol–water partition coefficient (Wildman–Crippen LogP) is 3.32. The Labute approximate surface area is 112 Å². The molecule has 0 aromatic heterocycles. The third-order valence-electron chi connectivity index (χ3n) is 3.82. The summed E-state index contributed by atoms with van der Waals surface area (Å²) in [4.78, 5) is 2.56. The molecular formula is C14H21BrN2. The van der Waals surface area contributed by atoms with Crippen LogP contribution in [0.5, 0.6) is 0 Å². The van der Waals surface area contributed by atoms with E-state index in [-0.39, 0.29) is 0 Å². The summed E-state index contributed by atoms with van der Waals surface area (Å²) in [5, 5.41) is 0. The van der Waals surface area contributed by atoms with Crippen molar-refractivity contribution in [2.24, 2.45) is 5.73 Å². The van der Waals surface area contributed by atoms with E-state index in [4.69, 9.17) is 5.73 Å². The van der Waals surface area contributed by atoms with Crippen LogP contribution in [0.25, 0.3) is 0 Å². The van der Waals surface area contributed by atoms with Crippen molar-refractivity contribution in [1.29, 1.82) is 0 Å². The minimum Gasteiger partial charge on any atom is -0.328 e. The highest BCUT2D eigenvalue weighted by atomic mass is 79.9. The number of hydrogen-bond donors (Lipinski definition) is 1. The summed E-state index contributed by atoms with van der Waals surface area (Å²) in [7, 11) is 0. The van der Waals surface area contributed by atoms with Gasteiger partial charge in [-0.1, -0.05) is 34.1 Å². The molecule has 1 fully saturated rings. The van der Waals surface area contributed by atoms with Crippen LogP contribution in [0.2, 0.25) is 0 Å². The van der Waals surface area contributed by atoms with E-state index >= 15 is 0 Å². The number of halogens is 1. The van der Waals surface area contributed by atoms with Crippen molar-refractivity contribution in [2.45, 2.75) is 44.8 Å². The Morgan fingerprint density at radius 1 is 1.41 bits per heavy atom. The number of likely N-dealkylation sites (tertiary alicyclic amines) is 1. The Kier molecular flexibility index (Phi) is 4.23. The fourth-order valence-corrected chi connectivity index (χ4v) is 3.41. The number of piperidine rings is 1. The third-order valence-corrected chi connectivity index (χ3v) is 4.54. The largest absolute Gasteiger partial charge is 0.328 e. The summed E-state index contributed by atoms with van der Waals surface area (Å²) in [5.41, 5.74) is 7.39. The van der Waals surface area contributed by atoms with Crippen LogP contribution in [0.15, 0.2) is 28.7 Å². The average Bonchev–Trinajstić information content (AvgIpc) is 2.29. The van der Waals surface area contributed by atoms with E-state index in [1.165, 1.54) is 10.0 Å². The molecule has 3 atom stereocenters. The first kappa shape index (κ1) is 13.1. The fraction of sp³-hybridized carbons (Fsp3) is 0.571. The highest BCUT2D eigenvalue weighted by molar-refractivity contribution is 9.10. The van der Waals surface area contributed by atoms with Gasteiger partial charge in [0.25, 0.3) is 0 Å². The molecular weight excluding hydrogens is 276 g/mol. The highest BCUT2D eigenvalue weighted by Crippen LogP contribution is 2.31. The lowest BCUT2D eigenvalue weighted by Crippen LogP contribution is -2.46. The van der Waals surface area contributed by atoms with Crippen molar-refractivity contribution in [2.75, 3.05) is 6.54 Å². The molecule has 0 amide bonds. The Morgan fingerprint density at radius 2 is 2.12 bits per heavy atom. The molecule has 0 bridgehead atoms. The molecule has 3 heteroatoms. The molecule has 1 saturated heterocycles. The number of hydrogen-bond acceptors (Lipinski definition) is 2. The predicted molar refractivity (Wildman–Crippen MR) is 75.9 cm³/mol. The molecule has 1 aliphatic heterocycles. The lowest BCUT2D eigenvalue weighted by Gasteiger charge is -2.40. The second-order valence-corrected chi connectivity index (χ2v) is 5.92. The van der Waals surface area contributed by atoms with Crippen LogP contribution in [0.4, 0.5) is 0 Å². The zero-order valence-electron chi connectivity index (χ0n) is 10.6. The van der Waals surface area contributed by atoms with Gasteiger partial charge in [-0.15, -0.1) is 0 Å². The minimum absolute atomic E-state index is 0.382. The lowest BCUT2D eigenvalue weighted by atomic mass is 9.95. The van der Waals surface area contributed by atoms with Crippen molar-refractivity contribution in [3.63, 3.8) is 0 Å². The monoisotopic (exact) mass is 296 g/mol.